The van der Waals surface area contributed by atoms with Crippen molar-refractivity contribution in [3.63, 3.8) is 0 Å². The third kappa shape index (κ3) is 5.62. The number of hydrogen-bond acceptors (Lipinski definition) is 5. The van der Waals surface area contributed by atoms with Gasteiger partial charge in [0.25, 0.3) is 0 Å². The molecule has 1 aromatic rings. The second-order valence-electron chi connectivity index (χ2n) is 4.48. The van der Waals surface area contributed by atoms with Crippen LogP contribution in [0.15, 0.2) is 30.3 Å². The van der Waals surface area contributed by atoms with Crippen LogP contribution in [0.2, 0.25) is 0 Å². The number of esters is 1. The fourth-order valence-corrected chi connectivity index (χ4v) is 1.73. The minimum absolute atomic E-state index is 0.252. The smallest absolute Gasteiger partial charge is 0.328 e. The maximum absolute atomic E-state index is 11.7. The molecular weight excluding hydrogens is 276 g/mol. The highest BCUT2D eigenvalue weighted by molar-refractivity contribution is 5.88. The Balaban J connectivity index is 2.68. The summed E-state index contributed by atoms with van der Waals surface area (Å²) in [6.07, 6.45) is -0.154. The maximum Gasteiger partial charge on any atom is 0.328 e. The summed E-state index contributed by atoms with van der Waals surface area (Å²) < 4.78 is 4.64. The van der Waals surface area contributed by atoms with Gasteiger partial charge in [0, 0.05) is 6.42 Å². The molecule has 0 fully saturated rings. The predicted octanol–water partition coefficient (Wildman–Crippen LogP) is -0.311. The molecule has 4 N–H and O–H groups in total. The fourth-order valence-electron chi connectivity index (χ4n) is 1.73. The number of methoxy groups -OCH3 is 1. The second-order valence-corrected chi connectivity index (χ2v) is 4.48. The second kappa shape index (κ2) is 8.01. The van der Waals surface area contributed by atoms with E-state index in [4.69, 9.17) is 10.8 Å². The average Bonchev–Trinajstić information content (AvgIpc) is 2.46. The van der Waals surface area contributed by atoms with Crippen LogP contribution in [0.5, 0.6) is 0 Å². The normalized spacial score (nSPS) is 13.0. The van der Waals surface area contributed by atoms with Gasteiger partial charge < -0.3 is 20.9 Å². The zero-order valence-corrected chi connectivity index (χ0v) is 11.6. The van der Waals surface area contributed by atoms with E-state index in [2.05, 4.69) is 10.1 Å². The molecule has 7 nitrogen and oxygen atoms in total. The summed E-state index contributed by atoms with van der Waals surface area (Å²) in [6.45, 7) is 0. The van der Waals surface area contributed by atoms with Crippen LogP contribution in [0.1, 0.15) is 12.0 Å². The number of nitrogens with two attached hydrogens (primary N) is 1. The van der Waals surface area contributed by atoms with Gasteiger partial charge in [0.1, 0.15) is 12.1 Å². The summed E-state index contributed by atoms with van der Waals surface area (Å²) in [5.74, 6) is -2.49. The molecule has 1 aromatic carbocycles. The first-order valence-corrected chi connectivity index (χ1v) is 6.33. The van der Waals surface area contributed by atoms with Gasteiger partial charge in [-0.3, -0.25) is 9.59 Å². The van der Waals surface area contributed by atoms with Crippen LogP contribution in [0.3, 0.4) is 0 Å². The van der Waals surface area contributed by atoms with E-state index in [9.17, 15) is 14.4 Å². The van der Waals surface area contributed by atoms with Crippen molar-refractivity contribution in [1.82, 2.24) is 5.32 Å². The minimum atomic E-state index is -1.31. The van der Waals surface area contributed by atoms with Crippen LogP contribution in [0, 0.1) is 0 Å². The number of carbonyl (C=O) groups excluding carboxylic acids is 2. The topological polar surface area (TPSA) is 119 Å². The molecule has 2 atom stereocenters. The quantitative estimate of drug-likeness (QED) is 0.593. The number of carboxylic acids is 1. The molecular formula is C14H18N2O5. The largest absolute Gasteiger partial charge is 0.480 e. The SMILES string of the molecule is COC(=O)C(Cc1ccccc1)NC(=O)CC(N)C(=O)O. The predicted molar refractivity (Wildman–Crippen MR) is 74.3 cm³/mol. The van der Waals surface area contributed by atoms with E-state index >= 15 is 0 Å². The number of carboxylic acid groups (broad SMARTS) is 1. The van der Waals surface area contributed by atoms with E-state index in [0.29, 0.717) is 0 Å². The molecule has 0 heterocycles. The van der Waals surface area contributed by atoms with Gasteiger partial charge >= 0.3 is 11.9 Å². The van der Waals surface area contributed by atoms with Crippen LogP contribution in [-0.2, 0) is 25.5 Å². The first kappa shape index (κ1) is 16.6. The lowest BCUT2D eigenvalue weighted by Gasteiger charge is -2.17. The van der Waals surface area contributed by atoms with Crippen LogP contribution < -0.4 is 11.1 Å². The molecule has 1 amide bonds. The molecule has 0 aliphatic carbocycles. The molecule has 0 saturated heterocycles. The van der Waals surface area contributed by atoms with Crippen molar-refractivity contribution in [2.45, 2.75) is 24.9 Å². The molecule has 0 aliphatic heterocycles. The van der Waals surface area contributed by atoms with Gasteiger partial charge in [0.05, 0.1) is 13.5 Å². The van der Waals surface area contributed by atoms with Crippen LogP contribution >= 0.6 is 0 Å². The van der Waals surface area contributed by atoms with E-state index in [1.165, 1.54) is 7.11 Å². The van der Waals surface area contributed by atoms with Crippen molar-refractivity contribution in [3.8, 4) is 0 Å². The summed E-state index contributed by atoms with van der Waals surface area (Å²) in [7, 11) is 1.22. The Kier molecular flexibility index (Phi) is 6.35. The van der Waals surface area contributed by atoms with Crippen molar-refractivity contribution < 1.29 is 24.2 Å². The van der Waals surface area contributed by atoms with Crippen molar-refractivity contribution in [2.75, 3.05) is 7.11 Å². The molecule has 0 spiro atoms. The lowest BCUT2D eigenvalue weighted by Crippen LogP contribution is -2.45. The Hall–Kier alpha value is -2.41. The van der Waals surface area contributed by atoms with Gasteiger partial charge in [-0.15, -0.1) is 0 Å². The van der Waals surface area contributed by atoms with E-state index < -0.39 is 36.4 Å². The molecule has 0 aromatic heterocycles. The number of carbonyl (C=O) groups is 3. The molecule has 0 bridgehead atoms. The summed E-state index contributed by atoms with van der Waals surface area (Å²) >= 11 is 0. The Bertz CT molecular complexity index is 503. The summed E-state index contributed by atoms with van der Waals surface area (Å²) in [5, 5.41) is 11.1. The number of ether oxygens (including phenoxy) is 1. The molecule has 1 rings (SSSR count). The third-order valence-electron chi connectivity index (χ3n) is 2.83. The molecule has 0 radical (unpaired) electrons. The standard InChI is InChI=1S/C14H18N2O5/c1-21-14(20)11(7-9-5-3-2-4-6-9)16-12(17)8-10(15)13(18)19/h2-6,10-11H,7-8,15H2,1H3,(H,16,17)(H,18,19). The number of nitrogens with one attached hydrogen (secondary N) is 1. The highest BCUT2D eigenvalue weighted by Crippen LogP contribution is 2.05. The monoisotopic (exact) mass is 294 g/mol. The van der Waals surface area contributed by atoms with Crippen LogP contribution in [-0.4, -0.2) is 42.1 Å². The first-order valence-electron chi connectivity index (χ1n) is 6.33. The average molecular weight is 294 g/mol. The maximum atomic E-state index is 11.7. The Morgan fingerprint density at radius 2 is 1.90 bits per heavy atom. The van der Waals surface area contributed by atoms with E-state index in [-0.39, 0.29) is 6.42 Å². The number of rotatable bonds is 7. The lowest BCUT2D eigenvalue weighted by molar-refractivity contribution is -0.145. The Morgan fingerprint density at radius 1 is 1.29 bits per heavy atom. The van der Waals surface area contributed by atoms with Gasteiger partial charge in [0.15, 0.2) is 0 Å². The van der Waals surface area contributed by atoms with Crippen LogP contribution in [0.4, 0.5) is 0 Å². The van der Waals surface area contributed by atoms with Gasteiger partial charge in [-0.25, -0.2) is 4.79 Å². The summed E-state index contributed by atoms with van der Waals surface area (Å²) in [6, 6.07) is 6.89. The lowest BCUT2D eigenvalue weighted by atomic mass is 10.1. The van der Waals surface area contributed by atoms with E-state index in [0.717, 1.165) is 5.56 Å². The zero-order valence-electron chi connectivity index (χ0n) is 11.6. The van der Waals surface area contributed by atoms with Crippen molar-refractivity contribution in [3.05, 3.63) is 35.9 Å². The van der Waals surface area contributed by atoms with Crippen molar-refractivity contribution in [1.29, 1.82) is 0 Å². The number of hydrogen-bond donors (Lipinski definition) is 3. The Morgan fingerprint density at radius 3 is 2.43 bits per heavy atom. The minimum Gasteiger partial charge on any atom is -0.480 e. The molecule has 7 heteroatoms. The van der Waals surface area contributed by atoms with Crippen molar-refractivity contribution in [2.24, 2.45) is 5.73 Å². The molecule has 2 unspecified atom stereocenters. The van der Waals surface area contributed by atoms with Crippen LogP contribution in [0.25, 0.3) is 0 Å². The number of benzene rings is 1. The fraction of sp³-hybridized carbons (Fsp3) is 0.357. The van der Waals surface area contributed by atoms with Gasteiger partial charge in [-0.1, -0.05) is 30.3 Å². The number of amides is 1. The van der Waals surface area contributed by atoms with E-state index in [1.807, 2.05) is 30.3 Å². The molecule has 0 saturated carbocycles. The Labute approximate surface area is 122 Å². The first-order chi connectivity index (χ1) is 9.93. The van der Waals surface area contributed by atoms with Gasteiger partial charge in [0.2, 0.25) is 5.91 Å². The third-order valence-corrected chi connectivity index (χ3v) is 2.83. The summed E-state index contributed by atoms with van der Waals surface area (Å²) in [4.78, 5) is 34.0. The number of aliphatic carboxylic acids is 1. The van der Waals surface area contributed by atoms with Gasteiger partial charge in [-0.2, -0.15) is 0 Å². The van der Waals surface area contributed by atoms with Crippen molar-refractivity contribution >= 4 is 17.8 Å². The molecule has 0 aliphatic rings. The summed E-state index contributed by atoms with van der Waals surface area (Å²) in [5.41, 5.74) is 6.12. The van der Waals surface area contributed by atoms with E-state index in [1.54, 1.807) is 0 Å². The molecule has 21 heavy (non-hydrogen) atoms. The highest BCUT2D eigenvalue weighted by atomic mass is 16.5. The molecule has 114 valence electrons. The zero-order chi connectivity index (χ0) is 15.8. The van der Waals surface area contributed by atoms with Gasteiger partial charge in [-0.05, 0) is 5.56 Å². The highest BCUT2D eigenvalue weighted by Gasteiger charge is 2.24.